The number of nitrogens with two attached hydrogens (primary N) is 1. The molecule has 1 aromatic carbocycles. The summed E-state index contributed by atoms with van der Waals surface area (Å²) in [4.78, 5) is 11.8. The summed E-state index contributed by atoms with van der Waals surface area (Å²) < 4.78 is 27.1. The number of aryl methyl sites for hydroxylation is 1. The summed E-state index contributed by atoms with van der Waals surface area (Å²) in [6.07, 6.45) is 0. The Balaban J connectivity index is 2.89. The third-order valence-corrected chi connectivity index (χ3v) is 2.79. The van der Waals surface area contributed by atoms with Crippen molar-refractivity contribution in [3.8, 4) is 0 Å². The van der Waals surface area contributed by atoms with Gasteiger partial charge in [-0.3, -0.25) is 4.79 Å². The van der Waals surface area contributed by atoms with E-state index in [1.54, 1.807) is 0 Å². The van der Waals surface area contributed by atoms with Crippen LogP contribution in [-0.2, 0) is 0 Å². The Morgan fingerprint density at radius 3 is 2.56 bits per heavy atom. The Kier molecular flexibility index (Phi) is 4.40. The lowest BCUT2D eigenvalue weighted by molar-refractivity contribution is 0.0929. The van der Waals surface area contributed by atoms with Crippen molar-refractivity contribution in [2.24, 2.45) is 11.1 Å². The molecule has 5 heteroatoms. The van der Waals surface area contributed by atoms with Gasteiger partial charge in [-0.25, -0.2) is 8.78 Å². The standard InChI is InChI=1S/C13H18F2N2O/c1-8-4-5-9(14)10(11(8)15)12(18)17-7-13(2,3)6-16/h4-5H,6-7,16H2,1-3H3,(H,17,18). The largest absolute Gasteiger partial charge is 0.351 e. The molecule has 18 heavy (non-hydrogen) atoms. The summed E-state index contributed by atoms with van der Waals surface area (Å²) in [6.45, 7) is 5.82. The van der Waals surface area contributed by atoms with Gasteiger partial charge in [-0.05, 0) is 30.5 Å². The highest BCUT2D eigenvalue weighted by atomic mass is 19.1. The zero-order valence-electron chi connectivity index (χ0n) is 10.8. The van der Waals surface area contributed by atoms with Crippen LogP contribution in [0.25, 0.3) is 0 Å². The molecule has 0 aromatic heterocycles. The Morgan fingerprint density at radius 2 is 2.00 bits per heavy atom. The molecule has 0 radical (unpaired) electrons. The van der Waals surface area contributed by atoms with E-state index in [2.05, 4.69) is 5.32 Å². The molecule has 0 aliphatic heterocycles. The molecule has 0 aliphatic carbocycles. The van der Waals surface area contributed by atoms with Gasteiger partial charge in [-0.2, -0.15) is 0 Å². The third kappa shape index (κ3) is 3.26. The number of nitrogens with one attached hydrogen (secondary N) is 1. The molecule has 0 atom stereocenters. The monoisotopic (exact) mass is 256 g/mol. The summed E-state index contributed by atoms with van der Waals surface area (Å²) in [6, 6.07) is 2.38. The first-order valence-corrected chi connectivity index (χ1v) is 5.71. The van der Waals surface area contributed by atoms with E-state index in [9.17, 15) is 13.6 Å². The summed E-state index contributed by atoms with van der Waals surface area (Å²) in [5.41, 5.74) is 4.90. The molecule has 0 saturated heterocycles. The quantitative estimate of drug-likeness (QED) is 0.865. The van der Waals surface area contributed by atoms with E-state index in [1.807, 2.05) is 13.8 Å². The van der Waals surface area contributed by atoms with Crippen molar-refractivity contribution in [2.75, 3.05) is 13.1 Å². The van der Waals surface area contributed by atoms with Crippen LogP contribution in [0.1, 0.15) is 29.8 Å². The fourth-order valence-electron chi connectivity index (χ4n) is 1.34. The van der Waals surface area contributed by atoms with Crippen molar-refractivity contribution in [2.45, 2.75) is 20.8 Å². The van der Waals surface area contributed by atoms with Crippen LogP contribution < -0.4 is 11.1 Å². The van der Waals surface area contributed by atoms with Gasteiger partial charge in [0.05, 0.1) is 0 Å². The van der Waals surface area contributed by atoms with Crippen LogP contribution in [0.5, 0.6) is 0 Å². The minimum atomic E-state index is -0.860. The maximum atomic E-state index is 13.7. The van der Waals surface area contributed by atoms with Gasteiger partial charge in [-0.1, -0.05) is 19.9 Å². The number of carbonyl (C=O) groups excluding carboxylic acids is 1. The molecule has 0 fully saturated rings. The van der Waals surface area contributed by atoms with Crippen LogP contribution in [0.2, 0.25) is 0 Å². The van der Waals surface area contributed by atoms with E-state index in [0.717, 1.165) is 6.07 Å². The van der Waals surface area contributed by atoms with E-state index in [1.165, 1.54) is 13.0 Å². The van der Waals surface area contributed by atoms with Crippen LogP contribution in [0.4, 0.5) is 8.78 Å². The highest BCUT2D eigenvalue weighted by molar-refractivity contribution is 5.95. The van der Waals surface area contributed by atoms with E-state index in [0.29, 0.717) is 6.54 Å². The van der Waals surface area contributed by atoms with Gasteiger partial charge in [-0.15, -0.1) is 0 Å². The Labute approximate surface area is 105 Å². The molecular weight excluding hydrogens is 238 g/mol. The second-order valence-electron chi connectivity index (χ2n) is 5.10. The number of rotatable bonds is 4. The molecular formula is C13H18F2N2O. The highest BCUT2D eigenvalue weighted by Crippen LogP contribution is 2.17. The fraction of sp³-hybridized carbons (Fsp3) is 0.462. The van der Waals surface area contributed by atoms with Crippen LogP contribution in [0.3, 0.4) is 0 Å². The van der Waals surface area contributed by atoms with E-state index in [4.69, 9.17) is 5.73 Å². The van der Waals surface area contributed by atoms with Gasteiger partial charge in [0.15, 0.2) is 0 Å². The number of amides is 1. The molecule has 0 spiro atoms. The van der Waals surface area contributed by atoms with Crippen LogP contribution >= 0.6 is 0 Å². The lowest BCUT2D eigenvalue weighted by Gasteiger charge is -2.22. The van der Waals surface area contributed by atoms with Crippen molar-refractivity contribution in [3.63, 3.8) is 0 Å². The second kappa shape index (κ2) is 5.44. The predicted octanol–water partition coefficient (Wildman–Crippen LogP) is 1.99. The SMILES string of the molecule is Cc1ccc(F)c(C(=O)NCC(C)(C)CN)c1F. The normalized spacial score (nSPS) is 11.4. The molecule has 100 valence electrons. The molecule has 0 aliphatic rings. The minimum absolute atomic E-state index is 0.236. The number of hydrogen-bond donors (Lipinski definition) is 2. The van der Waals surface area contributed by atoms with E-state index < -0.39 is 23.1 Å². The van der Waals surface area contributed by atoms with Gasteiger partial charge in [0.2, 0.25) is 0 Å². The summed E-state index contributed by atoms with van der Waals surface area (Å²) >= 11 is 0. The number of halogens is 2. The number of hydrogen-bond acceptors (Lipinski definition) is 2. The number of carbonyl (C=O) groups is 1. The molecule has 0 saturated carbocycles. The topological polar surface area (TPSA) is 55.1 Å². The van der Waals surface area contributed by atoms with Gasteiger partial charge in [0.1, 0.15) is 17.2 Å². The molecule has 1 amide bonds. The molecule has 1 aromatic rings. The van der Waals surface area contributed by atoms with E-state index in [-0.39, 0.29) is 17.5 Å². The minimum Gasteiger partial charge on any atom is -0.351 e. The first-order valence-electron chi connectivity index (χ1n) is 5.71. The van der Waals surface area contributed by atoms with Crippen LogP contribution in [-0.4, -0.2) is 19.0 Å². The summed E-state index contributed by atoms with van der Waals surface area (Å²) in [7, 11) is 0. The van der Waals surface area contributed by atoms with Gasteiger partial charge >= 0.3 is 0 Å². The first kappa shape index (κ1) is 14.6. The predicted molar refractivity (Wildman–Crippen MR) is 66.3 cm³/mol. The lowest BCUT2D eigenvalue weighted by Crippen LogP contribution is -2.39. The zero-order chi connectivity index (χ0) is 13.9. The molecule has 1 rings (SSSR count). The van der Waals surface area contributed by atoms with Crippen LogP contribution in [0, 0.1) is 24.0 Å². The van der Waals surface area contributed by atoms with Crippen molar-refractivity contribution < 1.29 is 13.6 Å². The highest BCUT2D eigenvalue weighted by Gasteiger charge is 2.22. The molecule has 0 heterocycles. The molecule has 0 unspecified atom stereocenters. The maximum Gasteiger partial charge on any atom is 0.257 e. The van der Waals surface area contributed by atoms with E-state index >= 15 is 0 Å². The maximum absolute atomic E-state index is 13.7. The van der Waals surface area contributed by atoms with Gasteiger partial charge in [0.25, 0.3) is 5.91 Å². The Morgan fingerprint density at radius 1 is 1.39 bits per heavy atom. The lowest BCUT2D eigenvalue weighted by atomic mass is 9.94. The van der Waals surface area contributed by atoms with Crippen molar-refractivity contribution in [1.29, 1.82) is 0 Å². The summed E-state index contributed by atoms with van der Waals surface area (Å²) in [5.74, 6) is -2.44. The average molecular weight is 256 g/mol. The van der Waals surface area contributed by atoms with Gasteiger partial charge in [0, 0.05) is 6.54 Å². The number of benzene rings is 1. The molecule has 3 nitrogen and oxygen atoms in total. The van der Waals surface area contributed by atoms with Crippen molar-refractivity contribution in [3.05, 3.63) is 34.9 Å². The second-order valence-corrected chi connectivity index (χ2v) is 5.10. The third-order valence-electron chi connectivity index (χ3n) is 2.79. The summed E-state index contributed by atoms with van der Waals surface area (Å²) in [5, 5.41) is 2.50. The fourth-order valence-corrected chi connectivity index (χ4v) is 1.34. The smallest absolute Gasteiger partial charge is 0.257 e. The van der Waals surface area contributed by atoms with Crippen molar-refractivity contribution >= 4 is 5.91 Å². The molecule has 0 bridgehead atoms. The Hall–Kier alpha value is -1.49. The zero-order valence-corrected chi connectivity index (χ0v) is 10.8. The van der Waals surface area contributed by atoms with Crippen LogP contribution in [0.15, 0.2) is 12.1 Å². The Bertz CT molecular complexity index is 459. The molecule has 3 N–H and O–H groups in total. The average Bonchev–Trinajstić information content (AvgIpc) is 2.32. The van der Waals surface area contributed by atoms with Gasteiger partial charge < -0.3 is 11.1 Å². The van der Waals surface area contributed by atoms with Crippen molar-refractivity contribution in [1.82, 2.24) is 5.32 Å². The first-order chi connectivity index (χ1) is 8.28.